The number of aliphatic hydroxyl groups excluding tert-OH is 1. The number of hydrogen-bond acceptors (Lipinski definition) is 5. The second-order valence-electron chi connectivity index (χ2n) is 9.01. The summed E-state index contributed by atoms with van der Waals surface area (Å²) in [5.41, 5.74) is -0.0310. The predicted molar refractivity (Wildman–Crippen MR) is 107 cm³/mol. The zero-order valence-corrected chi connectivity index (χ0v) is 17.4. The first kappa shape index (κ1) is 20.9. The number of rotatable bonds is 4. The highest BCUT2D eigenvalue weighted by Crippen LogP contribution is 2.58. The molecule has 1 saturated carbocycles. The summed E-state index contributed by atoms with van der Waals surface area (Å²) >= 11 is 0. The van der Waals surface area contributed by atoms with Crippen molar-refractivity contribution in [3.63, 3.8) is 0 Å². The van der Waals surface area contributed by atoms with E-state index in [0.717, 1.165) is 12.0 Å². The van der Waals surface area contributed by atoms with Gasteiger partial charge in [0.1, 0.15) is 11.9 Å². The summed E-state index contributed by atoms with van der Waals surface area (Å²) in [4.78, 5) is 12.9. The minimum Gasteiger partial charge on any atom is -0.497 e. The molecule has 0 unspecified atom stereocenters. The number of benzene rings is 1. The molecule has 0 aliphatic heterocycles. The number of ether oxygens (including phenoxy) is 2. The van der Waals surface area contributed by atoms with Gasteiger partial charge in [0.05, 0.1) is 24.4 Å². The summed E-state index contributed by atoms with van der Waals surface area (Å²) in [5.74, 6) is -0.0179. The Labute approximate surface area is 167 Å². The third kappa shape index (κ3) is 3.58. The normalized spacial score (nSPS) is 35.1. The van der Waals surface area contributed by atoms with Crippen molar-refractivity contribution in [3.05, 3.63) is 41.5 Å². The molecular weight excluding hydrogens is 356 g/mol. The van der Waals surface area contributed by atoms with Crippen LogP contribution in [0.15, 0.2) is 35.9 Å². The molecule has 1 aromatic carbocycles. The van der Waals surface area contributed by atoms with Gasteiger partial charge in [-0.1, -0.05) is 20.8 Å². The highest BCUT2D eigenvalue weighted by Gasteiger charge is 2.60. The monoisotopic (exact) mass is 388 g/mol. The van der Waals surface area contributed by atoms with Crippen molar-refractivity contribution >= 4 is 5.97 Å². The molecule has 0 amide bonds. The average molecular weight is 389 g/mol. The molecule has 28 heavy (non-hydrogen) atoms. The van der Waals surface area contributed by atoms with Gasteiger partial charge >= 0.3 is 5.97 Å². The topological polar surface area (TPSA) is 76.0 Å². The van der Waals surface area contributed by atoms with Gasteiger partial charge < -0.3 is 19.7 Å². The molecule has 0 saturated heterocycles. The molecule has 0 heterocycles. The first-order valence-corrected chi connectivity index (χ1v) is 10.0. The minimum atomic E-state index is -0.944. The lowest BCUT2D eigenvalue weighted by Gasteiger charge is -2.43. The Bertz CT molecular complexity index is 753. The Morgan fingerprint density at radius 1 is 1.21 bits per heavy atom. The summed E-state index contributed by atoms with van der Waals surface area (Å²) in [6.07, 6.45) is 2.65. The van der Waals surface area contributed by atoms with Crippen molar-refractivity contribution in [1.82, 2.24) is 0 Å². The zero-order valence-electron chi connectivity index (χ0n) is 17.4. The van der Waals surface area contributed by atoms with E-state index in [1.807, 2.05) is 26.8 Å². The molecule has 1 fully saturated rings. The van der Waals surface area contributed by atoms with Crippen molar-refractivity contribution < 1.29 is 24.5 Å². The van der Waals surface area contributed by atoms with Gasteiger partial charge in [-0.2, -0.15) is 0 Å². The van der Waals surface area contributed by atoms with E-state index in [4.69, 9.17) is 9.47 Å². The molecule has 5 heteroatoms. The summed E-state index contributed by atoms with van der Waals surface area (Å²) in [5, 5.41) is 22.1. The third-order valence-corrected chi connectivity index (χ3v) is 6.90. The van der Waals surface area contributed by atoms with Crippen LogP contribution in [0.1, 0.15) is 57.3 Å². The third-order valence-electron chi connectivity index (χ3n) is 6.90. The largest absolute Gasteiger partial charge is 0.497 e. The van der Waals surface area contributed by atoms with Gasteiger partial charge in [0.2, 0.25) is 0 Å². The summed E-state index contributed by atoms with van der Waals surface area (Å²) in [6, 6.07) is 6.79. The predicted octanol–water partition coefficient (Wildman–Crippen LogP) is 3.73. The lowest BCUT2D eigenvalue weighted by atomic mass is 9.67. The van der Waals surface area contributed by atoms with Crippen LogP contribution in [0.5, 0.6) is 5.75 Å². The van der Waals surface area contributed by atoms with E-state index in [9.17, 15) is 15.0 Å². The molecule has 5 atom stereocenters. The van der Waals surface area contributed by atoms with Gasteiger partial charge in [0.25, 0.3) is 0 Å². The summed E-state index contributed by atoms with van der Waals surface area (Å²) in [7, 11) is 1.57. The number of fused-ring (bicyclic) bond motifs is 1. The number of hydrogen-bond donors (Lipinski definition) is 2. The number of aliphatic hydroxyl groups is 2. The quantitative estimate of drug-likeness (QED) is 0.607. The second kappa shape index (κ2) is 7.53. The Morgan fingerprint density at radius 3 is 2.43 bits per heavy atom. The van der Waals surface area contributed by atoms with Crippen LogP contribution in [0.4, 0.5) is 0 Å². The van der Waals surface area contributed by atoms with Crippen molar-refractivity contribution in [3.8, 4) is 5.75 Å². The molecule has 0 aromatic heterocycles. The first-order valence-electron chi connectivity index (χ1n) is 10.0. The van der Waals surface area contributed by atoms with Crippen LogP contribution in [-0.2, 0) is 4.74 Å². The van der Waals surface area contributed by atoms with E-state index in [-0.39, 0.29) is 17.3 Å². The molecule has 0 radical (unpaired) electrons. The highest BCUT2D eigenvalue weighted by atomic mass is 16.5. The van der Waals surface area contributed by atoms with Crippen molar-refractivity contribution in [2.45, 2.75) is 64.8 Å². The fourth-order valence-corrected chi connectivity index (χ4v) is 5.05. The van der Waals surface area contributed by atoms with Crippen LogP contribution in [0.2, 0.25) is 0 Å². The van der Waals surface area contributed by atoms with Gasteiger partial charge in [-0.15, -0.1) is 0 Å². The van der Waals surface area contributed by atoms with Gasteiger partial charge in [-0.3, -0.25) is 0 Å². The maximum absolute atomic E-state index is 12.9. The van der Waals surface area contributed by atoms with Crippen LogP contribution in [0.3, 0.4) is 0 Å². The van der Waals surface area contributed by atoms with Gasteiger partial charge in [-0.25, -0.2) is 4.79 Å². The van der Waals surface area contributed by atoms with E-state index >= 15 is 0 Å². The number of esters is 1. The van der Waals surface area contributed by atoms with Crippen LogP contribution in [0, 0.1) is 17.3 Å². The zero-order chi connectivity index (χ0) is 20.7. The van der Waals surface area contributed by atoms with Crippen LogP contribution in [0.25, 0.3) is 0 Å². The first-order chi connectivity index (χ1) is 13.1. The fraction of sp³-hybridized carbons (Fsp3) is 0.609. The lowest BCUT2D eigenvalue weighted by molar-refractivity contribution is -0.104. The maximum Gasteiger partial charge on any atom is 0.338 e. The smallest absolute Gasteiger partial charge is 0.338 e. The highest BCUT2D eigenvalue weighted by molar-refractivity contribution is 5.89. The van der Waals surface area contributed by atoms with Crippen molar-refractivity contribution in [1.29, 1.82) is 0 Å². The van der Waals surface area contributed by atoms with E-state index in [1.165, 1.54) is 0 Å². The van der Waals surface area contributed by atoms with Crippen LogP contribution < -0.4 is 4.74 Å². The van der Waals surface area contributed by atoms with E-state index in [0.29, 0.717) is 24.2 Å². The number of carbonyl (C=O) groups is 1. The lowest BCUT2D eigenvalue weighted by Crippen LogP contribution is -2.50. The maximum atomic E-state index is 12.9. The number of carbonyl (C=O) groups excluding carboxylic acids is 1. The molecule has 2 N–H and O–H groups in total. The molecule has 154 valence electrons. The minimum absolute atomic E-state index is 0.0189. The average Bonchev–Trinajstić information content (AvgIpc) is 2.87. The molecule has 2 aliphatic rings. The van der Waals surface area contributed by atoms with Gasteiger partial charge in [0.15, 0.2) is 0 Å². The molecule has 1 aromatic rings. The molecule has 0 spiro atoms. The van der Waals surface area contributed by atoms with Crippen LogP contribution >= 0.6 is 0 Å². The standard InChI is InChI=1S/C23H32O5/c1-14(2)23(26)11-10-22(4)13-18(24)15(3)12-19(20(22)23)28-21(25)16-6-8-17(27-5)9-7-16/h6-9,12,14,18-20,24,26H,10-11,13H2,1-5H3/t18-,19-,20-,22-,23-/m1/s1. The van der Waals surface area contributed by atoms with Crippen LogP contribution in [-0.4, -0.2) is 41.1 Å². The Morgan fingerprint density at radius 2 is 1.86 bits per heavy atom. The SMILES string of the molecule is COc1ccc(C(=O)O[C@@H]2C=C(C)[C@H](O)C[C@@]3(C)CC[C@@](O)(C(C)C)[C@H]23)cc1. The Kier molecular flexibility index (Phi) is 5.61. The fourth-order valence-electron chi connectivity index (χ4n) is 5.05. The summed E-state index contributed by atoms with van der Waals surface area (Å²) in [6.45, 7) is 7.97. The van der Waals surface area contributed by atoms with Crippen molar-refractivity contribution in [2.75, 3.05) is 7.11 Å². The summed E-state index contributed by atoms with van der Waals surface area (Å²) < 4.78 is 11.1. The molecule has 5 nitrogen and oxygen atoms in total. The molecule has 3 rings (SSSR count). The van der Waals surface area contributed by atoms with Gasteiger partial charge in [0, 0.05) is 5.92 Å². The second-order valence-corrected chi connectivity index (χ2v) is 9.01. The van der Waals surface area contributed by atoms with E-state index < -0.39 is 23.8 Å². The Balaban J connectivity index is 1.95. The van der Waals surface area contributed by atoms with Gasteiger partial charge in [-0.05, 0) is 73.4 Å². The molecule has 2 aliphatic carbocycles. The van der Waals surface area contributed by atoms with Crippen molar-refractivity contribution in [2.24, 2.45) is 17.3 Å². The number of methoxy groups -OCH3 is 1. The molecule has 0 bridgehead atoms. The Hall–Kier alpha value is -1.85. The molecular formula is C23H32O5. The van der Waals surface area contributed by atoms with E-state index in [2.05, 4.69) is 6.92 Å². The van der Waals surface area contributed by atoms with E-state index in [1.54, 1.807) is 31.4 Å².